The topological polar surface area (TPSA) is 47.7 Å². The predicted molar refractivity (Wildman–Crippen MR) is 66.5 cm³/mol. The van der Waals surface area contributed by atoms with E-state index in [2.05, 4.69) is 45.4 Å². The van der Waals surface area contributed by atoms with Gasteiger partial charge in [-0.2, -0.15) is 0 Å². The molecule has 2 heterocycles. The molecule has 2 aromatic rings. The van der Waals surface area contributed by atoms with Crippen LogP contribution in [0, 0.1) is 0 Å². The summed E-state index contributed by atoms with van der Waals surface area (Å²) >= 11 is 0. The maximum absolute atomic E-state index is 3.92. The molecule has 1 N–H and O–H groups in total. The van der Waals surface area contributed by atoms with Crippen LogP contribution in [-0.2, 0) is 19.6 Å². The van der Waals surface area contributed by atoms with Crippen molar-refractivity contribution >= 4 is 0 Å². The van der Waals surface area contributed by atoms with Crippen LogP contribution in [-0.4, -0.2) is 26.1 Å². The molecule has 92 valence electrons. The fraction of sp³-hybridized carbons (Fsp3) is 0.500. The van der Waals surface area contributed by atoms with Crippen LogP contribution in [0.25, 0.3) is 0 Å². The molecule has 0 aliphatic rings. The third kappa shape index (κ3) is 3.42. The third-order valence-corrected chi connectivity index (χ3v) is 2.68. The normalized spacial score (nSPS) is 10.9. The van der Waals surface area contributed by atoms with Crippen molar-refractivity contribution in [3.05, 3.63) is 36.4 Å². The molecule has 0 bridgehead atoms. The molecule has 0 saturated carbocycles. The quantitative estimate of drug-likeness (QED) is 0.733. The zero-order valence-corrected chi connectivity index (χ0v) is 10.2. The van der Waals surface area contributed by atoms with Crippen molar-refractivity contribution in [2.75, 3.05) is 6.54 Å². The van der Waals surface area contributed by atoms with Gasteiger partial charge in [0.05, 0.1) is 12.7 Å². The summed E-state index contributed by atoms with van der Waals surface area (Å²) in [7, 11) is 0. The maximum atomic E-state index is 3.92. The minimum absolute atomic E-state index is 0.856. The molecule has 0 unspecified atom stereocenters. The van der Waals surface area contributed by atoms with Crippen LogP contribution < -0.4 is 5.32 Å². The van der Waals surface area contributed by atoms with E-state index in [-0.39, 0.29) is 0 Å². The molecular formula is C12H19N5. The number of hydrogen-bond donors (Lipinski definition) is 1. The van der Waals surface area contributed by atoms with Crippen LogP contribution in [0.4, 0.5) is 0 Å². The van der Waals surface area contributed by atoms with Crippen molar-refractivity contribution in [1.82, 2.24) is 24.9 Å². The molecule has 0 aliphatic heterocycles. The Hall–Kier alpha value is -1.62. The summed E-state index contributed by atoms with van der Waals surface area (Å²) in [6.45, 7) is 5.95. The van der Waals surface area contributed by atoms with E-state index in [0.29, 0.717) is 0 Å². The minimum Gasteiger partial charge on any atom is -0.350 e. The minimum atomic E-state index is 0.856. The Kier molecular flexibility index (Phi) is 4.32. The zero-order chi connectivity index (χ0) is 11.9. The highest BCUT2D eigenvalue weighted by Gasteiger charge is 1.99. The first-order valence-corrected chi connectivity index (χ1v) is 6.09. The summed E-state index contributed by atoms with van der Waals surface area (Å²) in [5.41, 5.74) is 1.34. The molecular weight excluding hydrogens is 214 g/mol. The zero-order valence-electron chi connectivity index (χ0n) is 10.2. The molecule has 0 atom stereocenters. The van der Waals surface area contributed by atoms with E-state index in [0.717, 1.165) is 26.2 Å². The van der Waals surface area contributed by atoms with Crippen molar-refractivity contribution in [2.45, 2.75) is 33.0 Å². The fourth-order valence-corrected chi connectivity index (χ4v) is 1.83. The Morgan fingerprint density at radius 1 is 1.29 bits per heavy atom. The first-order valence-electron chi connectivity index (χ1n) is 6.09. The van der Waals surface area contributed by atoms with E-state index < -0.39 is 0 Å². The highest BCUT2D eigenvalue weighted by atomic mass is 15.4. The van der Waals surface area contributed by atoms with Crippen molar-refractivity contribution in [1.29, 1.82) is 0 Å². The number of rotatable bonds is 7. The second-order valence-electron chi connectivity index (χ2n) is 4.04. The van der Waals surface area contributed by atoms with Crippen LogP contribution in [0.3, 0.4) is 0 Å². The Labute approximate surface area is 101 Å². The fourth-order valence-electron chi connectivity index (χ4n) is 1.83. The van der Waals surface area contributed by atoms with E-state index in [1.54, 1.807) is 6.20 Å². The molecule has 0 aromatic carbocycles. The van der Waals surface area contributed by atoms with E-state index in [1.807, 2.05) is 10.9 Å². The Bertz CT molecular complexity index is 418. The van der Waals surface area contributed by atoms with Crippen LogP contribution in [0.5, 0.6) is 0 Å². The monoisotopic (exact) mass is 233 g/mol. The van der Waals surface area contributed by atoms with Crippen LogP contribution in [0.1, 0.15) is 19.0 Å². The van der Waals surface area contributed by atoms with Crippen LogP contribution in [0.2, 0.25) is 0 Å². The Balaban J connectivity index is 1.72. The molecule has 2 rings (SSSR count). The van der Waals surface area contributed by atoms with Gasteiger partial charge in [0.1, 0.15) is 0 Å². The molecule has 0 aliphatic carbocycles. The Morgan fingerprint density at radius 3 is 3.00 bits per heavy atom. The molecule has 2 aromatic heterocycles. The lowest BCUT2D eigenvalue weighted by molar-refractivity contribution is 0.527. The van der Waals surface area contributed by atoms with Crippen molar-refractivity contribution in [2.24, 2.45) is 0 Å². The summed E-state index contributed by atoms with van der Waals surface area (Å²) in [6.07, 6.45) is 6.88. The first kappa shape index (κ1) is 11.9. The molecule has 0 fully saturated rings. The van der Waals surface area contributed by atoms with E-state index in [1.165, 1.54) is 12.1 Å². The van der Waals surface area contributed by atoms with Crippen molar-refractivity contribution in [3.8, 4) is 0 Å². The average molecular weight is 233 g/mol. The molecule has 5 nitrogen and oxygen atoms in total. The molecule has 0 spiro atoms. The van der Waals surface area contributed by atoms with Gasteiger partial charge in [0.25, 0.3) is 0 Å². The third-order valence-electron chi connectivity index (χ3n) is 2.68. The van der Waals surface area contributed by atoms with Gasteiger partial charge in [-0.25, -0.2) is 0 Å². The second kappa shape index (κ2) is 6.20. The number of nitrogens with one attached hydrogen (secondary N) is 1. The molecule has 0 saturated heterocycles. The molecule has 0 amide bonds. The lowest BCUT2D eigenvalue weighted by Gasteiger charge is -2.09. The molecule has 5 heteroatoms. The largest absolute Gasteiger partial charge is 0.350 e. The number of aryl methyl sites for hydroxylation is 1. The van der Waals surface area contributed by atoms with Gasteiger partial charge in [-0.05, 0) is 18.6 Å². The smallest absolute Gasteiger partial charge is 0.0692 e. The average Bonchev–Trinajstić information content (AvgIpc) is 2.96. The molecule has 17 heavy (non-hydrogen) atoms. The summed E-state index contributed by atoms with van der Waals surface area (Å²) in [5.74, 6) is 0. The van der Waals surface area contributed by atoms with Gasteiger partial charge in [0, 0.05) is 37.7 Å². The Morgan fingerprint density at radius 2 is 2.24 bits per heavy atom. The summed E-state index contributed by atoms with van der Waals surface area (Å²) in [4.78, 5) is 0. The van der Waals surface area contributed by atoms with Gasteiger partial charge in [0.15, 0.2) is 0 Å². The van der Waals surface area contributed by atoms with Gasteiger partial charge in [-0.1, -0.05) is 12.1 Å². The van der Waals surface area contributed by atoms with Gasteiger partial charge < -0.3 is 9.88 Å². The molecule has 0 radical (unpaired) electrons. The SMILES string of the molecule is CCCn1cccc1CNCCn1ccnn1. The maximum Gasteiger partial charge on any atom is 0.0692 e. The van der Waals surface area contributed by atoms with E-state index in [4.69, 9.17) is 0 Å². The van der Waals surface area contributed by atoms with Gasteiger partial charge in [-0.15, -0.1) is 5.10 Å². The number of aromatic nitrogens is 4. The van der Waals surface area contributed by atoms with Gasteiger partial charge >= 0.3 is 0 Å². The van der Waals surface area contributed by atoms with Crippen molar-refractivity contribution in [3.63, 3.8) is 0 Å². The van der Waals surface area contributed by atoms with E-state index in [9.17, 15) is 0 Å². The van der Waals surface area contributed by atoms with Crippen molar-refractivity contribution < 1.29 is 0 Å². The highest BCUT2D eigenvalue weighted by molar-refractivity contribution is 5.06. The predicted octanol–water partition coefficient (Wildman–Crippen LogP) is 1.28. The van der Waals surface area contributed by atoms with E-state index >= 15 is 0 Å². The highest BCUT2D eigenvalue weighted by Crippen LogP contribution is 2.02. The van der Waals surface area contributed by atoms with Crippen LogP contribution >= 0.6 is 0 Å². The number of nitrogens with zero attached hydrogens (tertiary/aromatic N) is 4. The summed E-state index contributed by atoms with van der Waals surface area (Å²) < 4.78 is 4.13. The lowest BCUT2D eigenvalue weighted by Crippen LogP contribution is -2.21. The van der Waals surface area contributed by atoms with Gasteiger partial charge in [0.2, 0.25) is 0 Å². The standard InChI is InChI=1S/C12H19N5/c1-2-7-16-8-3-4-12(16)11-13-5-9-17-10-6-14-15-17/h3-4,6,8,10,13H,2,5,7,9,11H2,1H3. The second-order valence-corrected chi connectivity index (χ2v) is 4.04. The summed E-state index contributed by atoms with van der Waals surface area (Å²) in [6, 6.07) is 4.27. The number of hydrogen-bond acceptors (Lipinski definition) is 3. The summed E-state index contributed by atoms with van der Waals surface area (Å²) in [5, 5.41) is 11.1. The van der Waals surface area contributed by atoms with Gasteiger partial charge in [-0.3, -0.25) is 4.68 Å². The van der Waals surface area contributed by atoms with Crippen LogP contribution in [0.15, 0.2) is 30.7 Å². The first-order chi connectivity index (χ1) is 8.40. The lowest BCUT2D eigenvalue weighted by atomic mass is 10.4.